The first-order valence-corrected chi connectivity index (χ1v) is 5.67. The number of carbonyl (C=O) groups is 1. The molecular formula is C10H11F2NO2S. The number of rotatable bonds is 5. The SMILES string of the molecule is N[C@H](CSCc1c(F)cccc1F)C(=O)O. The molecule has 3 nitrogen and oxygen atoms in total. The molecule has 0 saturated carbocycles. The van der Waals surface area contributed by atoms with Crippen LogP contribution in [0.4, 0.5) is 8.78 Å². The van der Waals surface area contributed by atoms with E-state index in [0.717, 1.165) is 23.9 Å². The third-order valence-electron chi connectivity index (χ3n) is 1.92. The summed E-state index contributed by atoms with van der Waals surface area (Å²) in [6.45, 7) is 0. The molecule has 1 rings (SSSR count). The zero-order valence-electron chi connectivity index (χ0n) is 8.32. The summed E-state index contributed by atoms with van der Waals surface area (Å²) in [5, 5.41) is 8.50. The van der Waals surface area contributed by atoms with E-state index >= 15 is 0 Å². The highest BCUT2D eigenvalue weighted by molar-refractivity contribution is 7.98. The fourth-order valence-electron chi connectivity index (χ4n) is 1.03. The molecule has 6 heteroatoms. The van der Waals surface area contributed by atoms with Crippen molar-refractivity contribution in [3.8, 4) is 0 Å². The smallest absolute Gasteiger partial charge is 0.321 e. The predicted octanol–water partition coefficient (Wildman–Crippen LogP) is 1.61. The lowest BCUT2D eigenvalue weighted by atomic mass is 10.2. The average Bonchev–Trinajstić information content (AvgIpc) is 2.22. The molecule has 0 fully saturated rings. The van der Waals surface area contributed by atoms with Crippen molar-refractivity contribution in [2.24, 2.45) is 5.73 Å². The van der Waals surface area contributed by atoms with E-state index < -0.39 is 23.6 Å². The third-order valence-corrected chi connectivity index (χ3v) is 3.01. The molecule has 1 aromatic rings. The summed E-state index contributed by atoms with van der Waals surface area (Å²) < 4.78 is 26.3. The average molecular weight is 247 g/mol. The van der Waals surface area contributed by atoms with Gasteiger partial charge in [-0.2, -0.15) is 11.8 Å². The Hall–Kier alpha value is -1.14. The Bertz CT molecular complexity index is 367. The quantitative estimate of drug-likeness (QED) is 0.829. The topological polar surface area (TPSA) is 63.3 Å². The van der Waals surface area contributed by atoms with Gasteiger partial charge in [0.15, 0.2) is 0 Å². The van der Waals surface area contributed by atoms with Crippen LogP contribution in [-0.4, -0.2) is 22.9 Å². The fraction of sp³-hybridized carbons (Fsp3) is 0.300. The molecule has 0 aliphatic rings. The summed E-state index contributed by atoms with van der Waals surface area (Å²) in [6.07, 6.45) is 0. The maximum absolute atomic E-state index is 13.1. The Morgan fingerprint density at radius 1 is 1.44 bits per heavy atom. The molecule has 3 N–H and O–H groups in total. The Kier molecular flexibility index (Phi) is 4.70. The molecule has 16 heavy (non-hydrogen) atoms. The Morgan fingerprint density at radius 2 is 2.00 bits per heavy atom. The van der Waals surface area contributed by atoms with Crippen molar-refractivity contribution in [3.63, 3.8) is 0 Å². The van der Waals surface area contributed by atoms with Crippen LogP contribution < -0.4 is 5.73 Å². The lowest BCUT2D eigenvalue weighted by Gasteiger charge is -2.07. The highest BCUT2D eigenvalue weighted by Gasteiger charge is 2.13. The molecule has 0 radical (unpaired) electrons. The van der Waals surface area contributed by atoms with Crippen LogP contribution in [0.25, 0.3) is 0 Å². The Balaban J connectivity index is 2.52. The van der Waals surface area contributed by atoms with Crippen molar-refractivity contribution >= 4 is 17.7 Å². The van der Waals surface area contributed by atoms with Gasteiger partial charge in [-0.05, 0) is 12.1 Å². The molecule has 0 saturated heterocycles. The normalized spacial score (nSPS) is 12.4. The molecule has 0 aliphatic heterocycles. The molecular weight excluding hydrogens is 236 g/mol. The minimum absolute atomic E-state index is 0.0508. The number of carboxylic acids is 1. The maximum Gasteiger partial charge on any atom is 0.321 e. The molecule has 1 aromatic carbocycles. The number of hydrogen-bond acceptors (Lipinski definition) is 3. The molecule has 0 spiro atoms. The van der Waals surface area contributed by atoms with E-state index in [0.29, 0.717) is 0 Å². The van der Waals surface area contributed by atoms with Crippen LogP contribution in [0.2, 0.25) is 0 Å². The molecule has 1 atom stereocenters. The molecule has 0 aromatic heterocycles. The van der Waals surface area contributed by atoms with Gasteiger partial charge >= 0.3 is 5.97 Å². The van der Waals surface area contributed by atoms with Crippen LogP contribution in [0.3, 0.4) is 0 Å². The highest BCUT2D eigenvalue weighted by Crippen LogP contribution is 2.19. The number of thioether (sulfide) groups is 1. The van der Waals surface area contributed by atoms with Crippen molar-refractivity contribution in [1.82, 2.24) is 0 Å². The number of halogens is 2. The molecule has 0 heterocycles. The van der Waals surface area contributed by atoms with E-state index in [4.69, 9.17) is 10.8 Å². The van der Waals surface area contributed by atoms with E-state index in [-0.39, 0.29) is 17.1 Å². The van der Waals surface area contributed by atoms with E-state index in [1.54, 1.807) is 0 Å². The standard InChI is InChI=1S/C10H11F2NO2S/c11-7-2-1-3-8(12)6(7)4-16-5-9(13)10(14)15/h1-3,9H,4-5,13H2,(H,14,15)/t9-/m1/s1. The number of aliphatic carboxylic acids is 1. The van der Waals surface area contributed by atoms with Gasteiger partial charge in [0.25, 0.3) is 0 Å². The summed E-state index contributed by atoms with van der Waals surface area (Å²) in [6, 6.07) is 2.59. The second-order valence-corrected chi connectivity index (χ2v) is 4.19. The molecule has 0 aliphatic carbocycles. The summed E-state index contributed by atoms with van der Waals surface area (Å²) in [7, 11) is 0. The zero-order valence-corrected chi connectivity index (χ0v) is 9.14. The summed E-state index contributed by atoms with van der Waals surface area (Å²) in [4.78, 5) is 10.4. The van der Waals surface area contributed by atoms with Gasteiger partial charge in [0.1, 0.15) is 17.7 Å². The van der Waals surface area contributed by atoms with Gasteiger partial charge in [0.05, 0.1) is 0 Å². The Labute approximate surface area is 95.6 Å². The second-order valence-electron chi connectivity index (χ2n) is 3.16. The zero-order chi connectivity index (χ0) is 12.1. The molecule has 0 unspecified atom stereocenters. The molecule has 88 valence electrons. The van der Waals surface area contributed by atoms with Crippen LogP contribution in [-0.2, 0) is 10.5 Å². The van der Waals surface area contributed by atoms with Gasteiger partial charge in [-0.3, -0.25) is 4.79 Å². The molecule has 0 bridgehead atoms. The van der Waals surface area contributed by atoms with Crippen LogP contribution in [0.15, 0.2) is 18.2 Å². The van der Waals surface area contributed by atoms with Crippen LogP contribution >= 0.6 is 11.8 Å². The molecule has 0 amide bonds. The second kappa shape index (κ2) is 5.81. The van der Waals surface area contributed by atoms with Gasteiger partial charge in [-0.25, -0.2) is 8.78 Å². The number of hydrogen-bond donors (Lipinski definition) is 2. The first-order valence-electron chi connectivity index (χ1n) is 4.51. The third kappa shape index (κ3) is 3.46. The minimum Gasteiger partial charge on any atom is -0.480 e. The summed E-state index contributed by atoms with van der Waals surface area (Å²) in [5.41, 5.74) is 5.20. The summed E-state index contributed by atoms with van der Waals surface area (Å²) in [5.74, 6) is -2.20. The van der Waals surface area contributed by atoms with Crippen molar-refractivity contribution in [1.29, 1.82) is 0 Å². The lowest BCUT2D eigenvalue weighted by molar-refractivity contribution is -0.137. The monoisotopic (exact) mass is 247 g/mol. The van der Waals surface area contributed by atoms with Crippen molar-refractivity contribution in [2.45, 2.75) is 11.8 Å². The number of nitrogens with two attached hydrogens (primary N) is 1. The predicted molar refractivity (Wildman–Crippen MR) is 58.1 cm³/mol. The van der Waals surface area contributed by atoms with Gasteiger partial charge in [0.2, 0.25) is 0 Å². The lowest BCUT2D eigenvalue weighted by Crippen LogP contribution is -2.32. The van der Waals surface area contributed by atoms with Gasteiger partial charge < -0.3 is 10.8 Å². The number of benzene rings is 1. The highest BCUT2D eigenvalue weighted by atomic mass is 32.2. The van der Waals surface area contributed by atoms with Crippen LogP contribution in [0, 0.1) is 11.6 Å². The first kappa shape index (κ1) is 12.9. The van der Waals surface area contributed by atoms with Gasteiger partial charge in [0, 0.05) is 17.1 Å². The minimum atomic E-state index is -1.12. The van der Waals surface area contributed by atoms with Crippen molar-refractivity contribution < 1.29 is 18.7 Å². The van der Waals surface area contributed by atoms with E-state index in [1.165, 1.54) is 6.07 Å². The van der Waals surface area contributed by atoms with E-state index in [9.17, 15) is 13.6 Å². The largest absolute Gasteiger partial charge is 0.480 e. The van der Waals surface area contributed by atoms with Crippen molar-refractivity contribution in [3.05, 3.63) is 35.4 Å². The van der Waals surface area contributed by atoms with Gasteiger partial charge in [-0.1, -0.05) is 6.07 Å². The Morgan fingerprint density at radius 3 is 2.50 bits per heavy atom. The number of carboxylic acid groups (broad SMARTS) is 1. The van der Waals surface area contributed by atoms with Crippen molar-refractivity contribution in [2.75, 3.05) is 5.75 Å². The van der Waals surface area contributed by atoms with Crippen LogP contribution in [0.5, 0.6) is 0 Å². The fourth-order valence-corrected chi connectivity index (χ4v) is 2.02. The van der Waals surface area contributed by atoms with E-state index in [1.807, 2.05) is 0 Å². The maximum atomic E-state index is 13.1. The summed E-state index contributed by atoms with van der Waals surface area (Å²) >= 11 is 1.09. The first-order chi connectivity index (χ1) is 7.52. The van der Waals surface area contributed by atoms with Crippen LogP contribution in [0.1, 0.15) is 5.56 Å². The van der Waals surface area contributed by atoms with E-state index in [2.05, 4.69) is 0 Å². The van der Waals surface area contributed by atoms with Gasteiger partial charge in [-0.15, -0.1) is 0 Å².